The zero-order chi connectivity index (χ0) is 16.4. The largest absolute Gasteiger partial charge is 0.492 e. The molecule has 0 bridgehead atoms. The summed E-state index contributed by atoms with van der Waals surface area (Å²) in [7, 11) is 0. The summed E-state index contributed by atoms with van der Waals surface area (Å²) in [6.45, 7) is 2.61. The van der Waals surface area contributed by atoms with Crippen molar-refractivity contribution in [2.45, 2.75) is 57.5 Å². The molecule has 1 aromatic heterocycles. The molecule has 2 aromatic rings. The normalized spacial score (nSPS) is 26.6. The van der Waals surface area contributed by atoms with Crippen molar-refractivity contribution in [1.29, 1.82) is 0 Å². The lowest BCUT2D eigenvalue weighted by Gasteiger charge is -2.21. The van der Waals surface area contributed by atoms with Crippen molar-refractivity contribution in [3.05, 3.63) is 41.6 Å². The van der Waals surface area contributed by atoms with Gasteiger partial charge in [0.1, 0.15) is 12.4 Å². The monoisotopic (exact) mass is 327 g/mol. The van der Waals surface area contributed by atoms with Gasteiger partial charge in [-0.05, 0) is 49.7 Å². The Morgan fingerprint density at radius 1 is 1.12 bits per heavy atom. The minimum atomic E-state index is 0.437. The summed E-state index contributed by atoms with van der Waals surface area (Å²) in [4.78, 5) is 0. The molecule has 1 unspecified atom stereocenters. The van der Waals surface area contributed by atoms with E-state index in [1.165, 1.54) is 24.8 Å². The van der Waals surface area contributed by atoms with Crippen LogP contribution in [0.3, 0.4) is 0 Å². The van der Waals surface area contributed by atoms with Crippen LogP contribution in [0.15, 0.2) is 28.7 Å². The van der Waals surface area contributed by atoms with E-state index < -0.39 is 0 Å². The fourth-order valence-electron chi connectivity index (χ4n) is 4.00. The summed E-state index contributed by atoms with van der Waals surface area (Å²) in [5.41, 5.74) is 1.33. The Labute approximate surface area is 142 Å². The molecule has 1 aromatic carbocycles. The zero-order valence-electron chi connectivity index (χ0n) is 14.2. The molecule has 128 valence electrons. The van der Waals surface area contributed by atoms with Gasteiger partial charge in [-0.25, -0.2) is 0 Å². The number of rotatable bonds is 4. The van der Waals surface area contributed by atoms with Crippen molar-refractivity contribution in [3.8, 4) is 5.75 Å². The number of nitrogens with zero attached hydrogens (tertiary/aromatic N) is 2. The number of aromatic nitrogens is 2. The average Bonchev–Trinajstić information content (AvgIpc) is 3.14. The van der Waals surface area contributed by atoms with Crippen molar-refractivity contribution in [3.63, 3.8) is 0 Å². The van der Waals surface area contributed by atoms with E-state index in [9.17, 15) is 0 Å². The minimum Gasteiger partial charge on any atom is -0.492 e. The molecule has 0 spiro atoms. The standard InChI is InChI=1S/C19H25N3O2/c1-13-21-22-19(24-13)11-14-6-8-16(10-14)20-17-9-7-15-4-2-3-5-18(15)23-12-17/h2-5,14,16-17,20H,6-12H2,1H3/t14-,16+,17?/m1/s1. The second-order valence-corrected chi connectivity index (χ2v) is 7.12. The lowest BCUT2D eigenvalue weighted by molar-refractivity contribution is 0.253. The Kier molecular flexibility index (Phi) is 4.52. The first kappa shape index (κ1) is 15.6. The molecule has 24 heavy (non-hydrogen) atoms. The van der Waals surface area contributed by atoms with E-state index >= 15 is 0 Å². The Morgan fingerprint density at radius 3 is 2.92 bits per heavy atom. The van der Waals surface area contributed by atoms with Gasteiger partial charge in [-0.2, -0.15) is 0 Å². The summed E-state index contributed by atoms with van der Waals surface area (Å²) in [6.07, 6.45) is 6.77. The molecule has 1 saturated carbocycles. The SMILES string of the molecule is Cc1nnc(C[C@@H]2CC[C@H](NC3CCc4ccccc4OC3)C2)o1. The third-order valence-corrected chi connectivity index (χ3v) is 5.22. The third-order valence-electron chi connectivity index (χ3n) is 5.22. The molecule has 1 aliphatic heterocycles. The van der Waals surface area contributed by atoms with Crippen LogP contribution in [0.4, 0.5) is 0 Å². The van der Waals surface area contributed by atoms with Gasteiger partial charge in [-0.1, -0.05) is 18.2 Å². The van der Waals surface area contributed by atoms with Gasteiger partial charge in [-0.3, -0.25) is 0 Å². The number of ether oxygens (including phenoxy) is 1. The van der Waals surface area contributed by atoms with Gasteiger partial charge in [0.15, 0.2) is 0 Å². The number of aryl methyl sites for hydroxylation is 2. The van der Waals surface area contributed by atoms with Crippen LogP contribution >= 0.6 is 0 Å². The molecule has 1 aliphatic carbocycles. The lowest BCUT2D eigenvalue weighted by atomic mass is 10.0. The van der Waals surface area contributed by atoms with Crippen LogP contribution in [0.1, 0.15) is 43.0 Å². The second-order valence-electron chi connectivity index (χ2n) is 7.12. The number of hydrogen-bond acceptors (Lipinski definition) is 5. The average molecular weight is 327 g/mol. The summed E-state index contributed by atoms with van der Waals surface area (Å²) >= 11 is 0. The van der Waals surface area contributed by atoms with Crippen molar-refractivity contribution in [2.24, 2.45) is 5.92 Å². The van der Waals surface area contributed by atoms with Crippen molar-refractivity contribution in [1.82, 2.24) is 15.5 Å². The molecule has 0 amide bonds. The Hall–Kier alpha value is -1.88. The minimum absolute atomic E-state index is 0.437. The summed E-state index contributed by atoms with van der Waals surface area (Å²) in [5.74, 6) is 3.14. The highest BCUT2D eigenvalue weighted by Crippen LogP contribution is 2.30. The maximum Gasteiger partial charge on any atom is 0.216 e. The molecule has 4 rings (SSSR count). The second kappa shape index (κ2) is 6.93. The fraction of sp³-hybridized carbons (Fsp3) is 0.579. The highest BCUT2D eigenvalue weighted by atomic mass is 16.5. The summed E-state index contributed by atoms with van der Waals surface area (Å²) < 4.78 is 11.5. The maximum absolute atomic E-state index is 6.00. The fourth-order valence-corrected chi connectivity index (χ4v) is 4.00. The van der Waals surface area contributed by atoms with E-state index in [-0.39, 0.29) is 0 Å². The highest BCUT2D eigenvalue weighted by molar-refractivity contribution is 5.34. The summed E-state index contributed by atoms with van der Waals surface area (Å²) in [5, 5.41) is 11.9. The topological polar surface area (TPSA) is 60.2 Å². The van der Waals surface area contributed by atoms with E-state index in [2.05, 4.69) is 33.7 Å². The van der Waals surface area contributed by atoms with Gasteiger partial charge in [-0.15, -0.1) is 10.2 Å². The van der Waals surface area contributed by atoms with Crippen LogP contribution in [-0.2, 0) is 12.8 Å². The van der Waals surface area contributed by atoms with Gasteiger partial charge in [0, 0.05) is 25.4 Å². The Balaban J connectivity index is 1.28. The molecule has 0 radical (unpaired) electrons. The molecule has 5 nitrogen and oxygen atoms in total. The number of hydrogen-bond donors (Lipinski definition) is 1. The van der Waals surface area contributed by atoms with Crippen LogP contribution < -0.4 is 10.1 Å². The molecular weight excluding hydrogens is 302 g/mol. The number of nitrogens with one attached hydrogen (secondary N) is 1. The maximum atomic E-state index is 6.00. The zero-order valence-corrected chi connectivity index (χ0v) is 14.2. The molecular formula is C19H25N3O2. The highest BCUT2D eigenvalue weighted by Gasteiger charge is 2.28. The Bertz CT molecular complexity index is 658. The molecule has 2 aliphatic rings. The van der Waals surface area contributed by atoms with Gasteiger partial charge < -0.3 is 14.5 Å². The molecule has 1 fully saturated rings. The van der Waals surface area contributed by atoms with Crippen molar-refractivity contribution < 1.29 is 9.15 Å². The first-order valence-electron chi connectivity index (χ1n) is 9.02. The smallest absolute Gasteiger partial charge is 0.216 e. The van der Waals surface area contributed by atoms with E-state index in [1.54, 1.807) is 0 Å². The third kappa shape index (κ3) is 3.61. The van der Waals surface area contributed by atoms with Crippen molar-refractivity contribution in [2.75, 3.05) is 6.61 Å². The molecule has 2 heterocycles. The van der Waals surface area contributed by atoms with Gasteiger partial charge in [0.25, 0.3) is 0 Å². The van der Waals surface area contributed by atoms with E-state index in [0.717, 1.165) is 37.5 Å². The lowest BCUT2D eigenvalue weighted by Crippen LogP contribution is -2.40. The molecule has 1 N–H and O–H groups in total. The molecule has 5 heteroatoms. The quantitative estimate of drug-likeness (QED) is 0.935. The van der Waals surface area contributed by atoms with E-state index in [4.69, 9.17) is 9.15 Å². The predicted octanol–water partition coefficient (Wildman–Crippen LogP) is 3.07. The Morgan fingerprint density at radius 2 is 2.04 bits per heavy atom. The first-order valence-corrected chi connectivity index (χ1v) is 9.02. The number of benzene rings is 1. The van der Waals surface area contributed by atoms with Gasteiger partial charge in [0.2, 0.25) is 11.8 Å². The molecule has 3 atom stereocenters. The van der Waals surface area contributed by atoms with Crippen LogP contribution in [-0.4, -0.2) is 28.9 Å². The van der Waals surface area contributed by atoms with Crippen LogP contribution in [0.2, 0.25) is 0 Å². The predicted molar refractivity (Wildman–Crippen MR) is 91.0 cm³/mol. The van der Waals surface area contributed by atoms with Crippen molar-refractivity contribution >= 4 is 0 Å². The van der Waals surface area contributed by atoms with Crippen LogP contribution in [0.5, 0.6) is 5.75 Å². The van der Waals surface area contributed by atoms with Gasteiger partial charge >= 0.3 is 0 Å². The molecule has 0 saturated heterocycles. The summed E-state index contributed by atoms with van der Waals surface area (Å²) in [6, 6.07) is 9.41. The number of fused-ring (bicyclic) bond motifs is 1. The van der Waals surface area contributed by atoms with E-state index in [0.29, 0.717) is 23.9 Å². The van der Waals surface area contributed by atoms with Crippen LogP contribution in [0.25, 0.3) is 0 Å². The van der Waals surface area contributed by atoms with Crippen LogP contribution in [0, 0.1) is 12.8 Å². The number of para-hydroxylation sites is 1. The van der Waals surface area contributed by atoms with E-state index in [1.807, 2.05) is 13.0 Å². The first-order chi connectivity index (χ1) is 11.8. The van der Waals surface area contributed by atoms with Gasteiger partial charge in [0.05, 0.1) is 0 Å².